The highest BCUT2D eigenvalue weighted by molar-refractivity contribution is 7.99. The number of nitrogens with zero attached hydrogens (tertiary/aromatic N) is 4. The van der Waals surface area contributed by atoms with Crippen molar-refractivity contribution in [3.8, 4) is 5.75 Å². The first-order valence-corrected chi connectivity index (χ1v) is 9.98. The summed E-state index contributed by atoms with van der Waals surface area (Å²) >= 11 is 1.53. The monoisotopic (exact) mass is 392 g/mol. The number of hydrogen-bond donors (Lipinski definition) is 0. The quantitative estimate of drug-likeness (QED) is 0.589. The lowest BCUT2D eigenvalue weighted by molar-refractivity contribution is 0.0999. The molecule has 1 aliphatic rings. The summed E-state index contributed by atoms with van der Waals surface area (Å²) in [5, 5.41) is 9.26. The van der Waals surface area contributed by atoms with Gasteiger partial charge in [0, 0.05) is 24.1 Å². The summed E-state index contributed by atoms with van der Waals surface area (Å²) < 4.78 is 7.78. The standard InChI is InChI=1S/C21H20N4O2S/c1-14-7-3-6-10-19(14)27-12-20-23-24-21(25(20)2)28-13-15-11-18(26)16-8-4-5-9-17(16)22-15/h3-10H,11-13H2,1-2H3. The van der Waals surface area contributed by atoms with Crippen LogP contribution in [0.3, 0.4) is 0 Å². The van der Waals surface area contributed by atoms with Crippen molar-refractivity contribution < 1.29 is 9.53 Å². The lowest BCUT2D eigenvalue weighted by atomic mass is 10.0. The molecule has 6 nitrogen and oxygen atoms in total. The first-order valence-electron chi connectivity index (χ1n) is 9.00. The smallest absolute Gasteiger partial charge is 0.191 e. The molecule has 4 rings (SSSR count). The van der Waals surface area contributed by atoms with Gasteiger partial charge in [0.2, 0.25) is 0 Å². The average Bonchev–Trinajstić information content (AvgIpc) is 3.05. The maximum Gasteiger partial charge on any atom is 0.191 e. The van der Waals surface area contributed by atoms with Crippen LogP contribution < -0.4 is 4.74 Å². The number of ketones is 1. The molecular weight excluding hydrogens is 372 g/mol. The Hall–Kier alpha value is -2.93. The van der Waals surface area contributed by atoms with E-state index >= 15 is 0 Å². The predicted octanol–water partition coefficient (Wildman–Crippen LogP) is 4.15. The molecule has 142 valence electrons. The van der Waals surface area contributed by atoms with Crippen molar-refractivity contribution in [3.05, 3.63) is 65.5 Å². The van der Waals surface area contributed by atoms with E-state index in [0.29, 0.717) is 24.3 Å². The van der Waals surface area contributed by atoms with E-state index in [2.05, 4.69) is 15.2 Å². The van der Waals surface area contributed by atoms with Crippen molar-refractivity contribution in [1.29, 1.82) is 0 Å². The van der Waals surface area contributed by atoms with E-state index in [1.54, 1.807) is 0 Å². The molecule has 0 saturated carbocycles. The zero-order chi connectivity index (χ0) is 19.5. The van der Waals surface area contributed by atoms with Crippen molar-refractivity contribution in [1.82, 2.24) is 14.8 Å². The van der Waals surface area contributed by atoms with Crippen molar-refractivity contribution in [2.75, 3.05) is 5.75 Å². The largest absolute Gasteiger partial charge is 0.485 e. The Morgan fingerprint density at radius 3 is 2.75 bits per heavy atom. The molecule has 0 radical (unpaired) electrons. The van der Waals surface area contributed by atoms with E-state index in [4.69, 9.17) is 4.74 Å². The van der Waals surface area contributed by atoms with E-state index in [-0.39, 0.29) is 5.78 Å². The zero-order valence-electron chi connectivity index (χ0n) is 15.8. The molecule has 1 aromatic heterocycles. The summed E-state index contributed by atoms with van der Waals surface area (Å²) in [6, 6.07) is 15.4. The van der Waals surface area contributed by atoms with Crippen molar-refractivity contribution >= 4 is 28.9 Å². The van der Waals surface area contributed by atoms with Crippen LogP contribution in [0.2, 0.25) is 0 Å². The Balaban J connectivity index is 1.41. The third kappa shape index (κ3) is 3.84. The molecule has 0 bridgehead atoms. The third-order valence-corrected chi connectivity index (χ3v) is 5.68. The van der Waals surface area contributed by atoms with Crippen LogP contribution in [0.1, 0.15) is 28.2 Å². The minimum atomic E-state index is 0.117. The van der Waals surface area contributed by atoms with Gasteiger partial charge in [0.1, 0.15) is 12.4 Å². The molecule has 0 unspecified atom stereocenters. The van der Waals surface area contributed by atoms with Crippen LogP contribution >= 0.6 is 11.8 Å². The summed E-state index contributed by atoms with van der Waals surface area (Å²) in [6.07, 6.45) is 0.352. The van der Waals surface area contributed by atoms with Crippen LogP contribution in [0, 0.1) is 6.92 Å². The fourth-order valence-corrected chi connectivity index (χ4v) is 3.85. The maximum absolute atomic E-state index is 12.3. The van der Waals surface area contributed by atoms with Gasteiger partial charge in [-0.05, 0) is 30.7 Å². The zero-order valence-corrected chi connectivity index (χ0v) is 16.6. The second-order valence-corrected chi connectivity index (χ2v) is 7.54. The Morgan fingerprint density at radius 2 is 1.89 bits per heavy atom. The molecule has 1 aliphatic heterocycles. The van der Waals surface area contributed by atoms with Gasteiger partial charge in [-0.25, -0.2) is 0 Å². The van der Waals surface area contributed by atoms with Gasteiger partial charge in [-0.2, -0.15) is 0 Å². The SMILES string of the molecule is Cc1ccccc1OCc1nnc(SCC2=Nc3ccccc3C(=O)C2)n1C. The van der Waals surface area contributed by atoms with Gasteiger partial charge in [-0.1, -0.05) is 42.1 Å². The van der Waals surface area contributed by atoms with Gasteiger partial charge in [-0.3, -0.25) is 9.79 Å². The minimum Gasteiger partial charge on any atom is -0.485 e. The second-order valence-electron chi connectivity index (χ2n) is 6.60. The lowest BCUT2D eigenvalue weighted by Crippen LogP contribution is -2.15. The van der Waals surface area contributed by atoms with Crippen LogP contribution in [-0.4, -0.2) is 32.0 Å². The van der Waals surface area contributed by atoms with E-state index in [9.17, 15) is 4.79 Å². The molecular formula is C21H20N4O2S. The molecule has 0 aliphatic carbocycles. The van der Waals surface area contributed by atoms with Gasteiger partial charge in [0.15, 0.2) is 16.8 Å². The van der Waals surface area contributed by atoms with Gasteiger partial charge in [-0.15, -0.1) is 10.2 Å². The fourth-order valence-electron chi connectivity index (χ4n) is 2.99. The number of ether oxygens (including phenoxy) is 1. The minimum absolute atomic E-state index is 0.117. The number of aliphatic imine (C=N–C) groups is 1. The molecule has 0 fully saturated rings. The maximum atomic E-state index is 12.3. The highest BCUT2D eigenvalue weighted by Crippen LogP contribution is 2.27. The number of fused-ring (bicyclic) bond motifs is 1. The van der Waals surface area contributed by atoms with Crippen LogP contribution in [0.4, 0.5) is 5.69 Å². The molecule has 0 amide bonds. The summed E-state index contributed by atoms with van der Waals surface area (Å²) in [5.74, 6) is 2.31. The molecule has 0 spiro atoms. The normalized spacial score (nSPS) is 13.2. The van der Waals surface area contributed by atoms with Crippen molar-refractivity contribution in [2.24, 2.45) is 12.0 Å². The van der Waals surface area contributed by atoms with Crippen LogP contribution in [0.5, 0.6) is 5.75 Å². The highest BCUT2D eigenvalue weighted by atomic mass is 32.2. The van der Waals surface area contributed by atoms with Crippen LogP contribution in [0.15, 0.2) is 58.7 Å². The van der Waals surface area contributed by atoms with Gasteiger partial charge in [0.05, 0.1) is 12.1 Å². The number of para-hydroxylation sites is 2. The molecule has 7 heteroatoms. The Labute approximate surface area is 167 Å². The number of aryl methyl sites for hydroxylation is 1. The summed E-state index contributed by atoms with van der Waals surface area (Å²) in [5.41, 5.74) is 3.39. The predicted molar refractivity (Wildman–Crippen MR) is 110 cm³/mol. The average molecular weight is 392 g/mol. The molecule has 2 aromatic carbocycles. The Kier molecular flexibility index (Phi) is 5.25. The molecule has 0 atom stereocenters. The summed E-state index contributed by atoms with van der Waals surface area (Å²) in [6.45, 7) is 2.36. The van der Waals surface area contributed by atoms with E-state index < -0.39 is 0 Å². The molecule has 2 heterocycles. The number of benzene rings is 2. The molecule has 0 saturated heterocycles. The molecule has 3 aromatic rings. The van der Waals surface area contributed by atoms with Crippen molar-refractivity contribution in [3.63, 3.8) is 0 Å². The number of thioether (sulfide) groups is 1. The first-order chi connectivity index (χ1) is 13.6. The van der Waals surface area contributed by atoms with Gasteiger partial charge >= 0.3 is 0 Å². The first kappa shape index (κ1) is 18.4. The van der Waals surface area contributed by atoms with E-state index in [1.807, 2.05) is 67.1 Å². The second kappa shape index (κ2) is 7.98. The van der Waals surface area contributed by atoms with Gasteiger partial charge < -0.3 is 9.30 Å². The molecule has 0 N–H and O–H groups in total. The number of carbonyl (C=O) groups is 1. The number of hydrogen-bond acceptors (Lipinski definition) is 6. The fraction of sp³-hybridized carbons (Fsp3) is 0.238. The van der Waals surface area contributed by atoms with Gasteiger partial charge in [0.25, 0.3) is 0 Å². The summed E-state index contributed by atoms with van der Waals surface area (Å²) in [4.78, 5) is 16.9. The topological polar surface area (TPSA) is 69.4 Å². The number of Topliss-reactive ketones (excluding diaryl/α,β-unsaturated/α-hetero) is 1. The Bertz CT molecular complexity index is 1060. The van der Waals surface area contributed by atoms with E-state index in [0.717, 1.165) is 33.7 Å². The number of rotatable bonds is 6. The molecule has 28 heavy (non-hydrogen) atoms. The van der Waals surface area contributed by atoms with Crippen LogP contribution in [-0.2, 0) is 13.7 Å². The highest BCUT2D eigenvalue weighted by Gasteiger charge is 2.20. The number of carbonyl (C=O) groups excluding carboxylic acids is 1. The van der Waals surface area contributed by atoms with Crippen LogP contribution in [0.25, 0.3) is 0 Å². The van der Waals surface area contributed by atoms with Crippen molar-refractivity contribution in [2.45, 2.75) is 25.1 Å². The third-order valence-electron chi connectivity index (χ3n) is 4.59. The lowest BCUT2D eigenvalue weighted by Gasteiger charge is -2.14. The Morgan fingerprint density at radius 1 is 1.11 bits per heavy atom. The summed E-state index contributed by atoms with van der Waals surface area (Å²) in [7, 11) is 1.92. The number of aromatic nitrogens is 3. The van der Waals surface area contributed by atoms with E-state index in [1.165, 1.54) is 11.8 Å².